The first-order valence-corrected chi connectivity index (χ1v) is 6.47. The summed E-state index contributed by atoms with van der Waals surface area (Å²) in [5.41, 5.74) is 0. The molecule has 1 aliphatic heterocycles. The van der Waals surface area contributed by atoms with Crippen LogP contribution < -0.4 is 10.1 Å². The van der Waals surface area contributed by atoms with E-state index in [0.717, 1.165) is 19.4 Å². The molecule has 0 aromatic carbocycles. The quantitative estimate of drug-likeness (QED) is 0.903. The van der Waals surface area contributed by atoms with Crippen molar-refractivity contribution in [2.24, 2.45) is 0 Å². The van der Waals surface area contributed by atoms with Gasteiger partial charge in [0.1, 0.15) is 0 Å². The minimum absolute atomic E-state index is 0.135. The molecule has 2 rings (SSSR count). The highest BCUT2D eigenvalue weighted by atomic mass is 35.5. The molecule has 1 aliphatic rings. The van der Waals surface area contributed by atoms with Crippen molar-refractivity contribution in [3.05, 3.63) is 5.28 Å². The first kappa shape index (κ1) is 13.3. The van der Waals surface area contributed by atoms with Crippen molar-refractivity contribution in [3.63, 3.8) is 0 Å². The zero-order valence-corrected chi connectivity index (χ0v) is 11.3. The van der Waals surface area contributed by atoms with Gasteiger partial charge in [-0.15, -0.1) is 0 Å². The Morgan fingerprint density at radius 2 is 2.28 bits per heavy atom. The summed E-state index contributed by atoms with van der Waals surface area (Å²) in [5.74, 6) is 0.456. The van der Waals surface area contributed by atoms with Gasteiger partial charge in [-0.05, 0) is 38.3 Å². The van der Waals surface area contributed by atoms with Gasteiger partial charge < -0.3 is 14.8 Å². The molecule has 100 valence electrons. The predicted octanol–water partition coefficient (Wildman–Crippen LogP) is 1.90. The summed E-state index contributed by atoms with van der Waals surface area (Å²) in [6, 6.07) is 0.543. The fraction of sp³-hybridized carbons (Fsp3) is 0.727. The molecule has 1 aromatic heterocycles. The summed E-state index contributed by atoms with van der Waals surface area (Å²) in [6.07, 6.45) is 2.10. The Kier molecular flexibility index (Phi) is 4.54. The fourth-order valence-electron chi connectivity index (χ4n) is 1.90. The van der Waals surface area contributed by atoms with E-state index in [0.29, 0.717) is 18.6 Å². The lowest BCUT2D eigenvalue weighted by Crippen LogP contribution is -2.33. The van der Waals surface area contributed by atoms with E-state index in [9.17, 15) is 0 Å². The second-order valence-corrected chi connectivity index (χ2v) is 4.53. The largest absolute Gasteiger partial charge is 0.464 e. The number of rotatable bonds is 4. The monoisotopic (exact) mass is 272 g/mol. The molecule has 0 saturated carbocycles. The molecule has 0 radical (unpaired) electrons. The van der Waals surface area contributed by atoms with Gasteiger partial charge in [0.05, 0.1) is 12.7 Å². The van der Waals surface area contributed by atoms with E-state index in [1.165, 1.54) is 0 Å². The van der Waals surface area contributed by atoms with Gasteiger partial charge in [-0.1, -0.05) is 0 Å². The fourth-order valence-corrected chi connectivity index (χ4v) is 2.05. The molecule has 6 nitrogen and oxygen atoms in total. The number of hydrogen-bond acceptors (Lipinski definition) is 6. The van der Waals surface area contributed by atoms with Crippen LogP contribution in [0.25, 0.3) is 0 Å². The Bertz CT molecular complexity index is 405. The van der Waals surface area contributed by atoms with Crippen LogP contribution in [0.5, 0.6) is 6.01 Å². The zero-order valence-electron chi connectivity index (χ0n) is 10.5. The second kappa shape index (κ2) is 6.15. The first-order chi connectivity index (χ1) is 8.67. The van der Waals surface area contributed by atoms with E-state index < -0.39 is 0 Å². The van der Waals surface area contributed by atoms with E-state index in [1.54, 1.807) is 0 Å². The molecular weight excluding hydrogens is 256 g/mol. The average Bonchev–Trinajstić information content (AvgIpc) is 2.28. The van der Waals surface area contributed by atoms with Crippen molar-refractivity contribution in [1.29, 1.82) is 0 Å². The topological polar surface area (TPSA) is 69.2 Å². The van der Waals surface area contributed by atoms with Gasteiger partial charge in [0.2, 0.25) is 11.2 Å². The van der Waals surface area contributed by atoms with Crippen molar-refractivity contribution in [3.8, 4) is 6.01 Å². The van der Waals surface area contributed by atoms with Gasteiger partial charge in [-0.2, -0.15) is 15.0 Å². The molecule has 18 heavy (non-hydrogen) atoms. The third-order valence-corrected chi connectivity index (χ3v) is 2.85. The van der Waals surface area contributed by atoms with Crippen LogP contribution in [0.4, 0.5) is 5.95 Å². The lowest BCUT2D eigenvalue weighted by molar-refractivity contribution is 0.0231. The molecule has 7 heteroatoms. The number of aromatic nitrogens is 3. The molecule has 0 aliphatic carbocycles. The Labute approximate surface area is 111 Å². The van der Waals surface area contributed by atoms with Crippen LogP contribution in [-0.2, 0) is 4.74 Å². The molecule has 2 atom stereocenters. The first-order valence-electron chi connectivity index (χ1n) is 6.10. The van der Waals surface area contributed by atoms with Crippen LogP contribution in [0, 0.1) is 0 Å². The third kappa shape index (κ3) is 3.68. The Balaban J connectivity index is 2.03. The van der Waals surface area contributed by atoms with Gasteiger partial charge in [0.15, 0.2) is 0 Å². The molecule has 0 spiro atoms. The van der Waals surface area contributed by atoms with Crippen molar-refractivity contribution < 1.29 is 9.47 Å². The lowest BCUT2D eigenvalue weighted by atomic mass is 10.0. The highest BCUT2D eigenvalue weighted by molar-refractivity contribution is 6.28. The smallest absolute Gasteiger partial charge is 0.322 e. The number of nitrogens with zero attached hydrogens (tertiary/aromatic N) is 3. The van der Waals surface area contributed by atoms with Crippen LogP contribution in [0.1, 0.15) is 26.7 Å². The molecule has 1 aromatic rings. The van der Waals surface area contributed by atoms with E-state index >= 15 is 0 Å². The van der Waals surface area contributed by atoms with Gasteiger partial charge in [0.25, 0.3) is 0 Å². The lowest BCUT2D eigenvalue weighted by Gasteiger charge is -2.27. The van der Waals surface area contributed by atoms with Crippen molar-refractivity contribution in [1.82, 2.24) is 15.0 Å². The molecule has 0 amide bonds. The summed E-state index contributed by atoms with van der Waals surface area (Å²) in [4.78, 5) is 12.1. The standard InChI is InChI=1S/C11H17ClN4O2/c1-3-17-11-15-9(12)14-10(16-11)13-8-4-5-18-7(2)6-8/h7-8H,3-6H2,1-2H3,(H,13,14,15,16). The zero-order chi connectivity index (χ0) is 13.0. The molecule has 1 N–H and O–H groups in total. The SMILES string of the molecule is CCOc1nc(Cl)nc(NC2CCOC(C)C2)n1. The van der Waals surface area contributed by atoms with E-state index in [2.05, 4.69) is 27.2 Å². The Hall–Kier alpha value is -1.14. The summed E-state index contributed by atoms with van der Waals surface area (Å²) in [7, 11) is 0. The molecule has 0 bridgehead atoms. The second-order valence-electron chi connectivity index (χ2n) is 4.19. The highest BCUT2D eigenvalue weighted by Gasteiger charge is 2.20. The maximum atomic E-state index is 5.83. The number of halogens is 1. The maximum absolute atomic E-state index is 5.83. The minimum Gasteiger partial charge on any atom is -0.464 e. The summed E-state index contributed by atoms with van der Waals surface area (Å²) < 4.78 is 10.7. The normalized spacial score (nSPS) is 23.7. The minimum atomic E-state index is 0.135. The van der Waals surface area contributed by atoms with Crippen LogP contribution in [0.3, 0.4) is 0 Å². The van der Waals surface area contributed by atoms with Crippen LogP contribution in [0.2, 0.25) is 5.28 Å². The van der Waals surface area contributed by atoms with Gasteiger partial charge >= 0.3 is 6.01 Å². The van der Waals surface area contributed by atoms with Gasteiger partial charge in [-0.25, -0.2) is 0 Å². The molecule has 2 unspecified atom stereocenters. The summed E-state index contributed by atoms with van der Waals surface area (Å²) >= 11 is 5.83. The Morgan fingerprint density at radius 1 is 1.44 bits per heavy atom. The summed E-state index contributed by atoms with van der Waals surface area (Å²) in [5, 5.41) is 3.38. The van der Waals surface area contributed by atoms with Crippen molar-refractivity contribution in [2.75, 3.05) is 18.5 Å². The van der Waals surface area contributed by atoms with E-state index in [-0.39, 0.29) is 17.4 Å². The predicted molar refractivity (Wildman–Crippen MR) is 68.1 cm³/mol. The molecule has 2 heterocycles. The van der Waals surface area contributed by atoms with Crippen LogP contribution >= 0.6 is 11.6 Å². The van der Waals surface area contributed by atoms with Crippen LogP contribution in [-0.4, -0.2) is 40.3 Å². The van der Waals surface area contributed by atoms with E-state index in [1.807, 2.05) is 6.92 Å². The highest BCUT2D eigenvalue weighted by Crippen LogP contribution is 2.18. The Morgan fingerprint density at radius 3 is 3.00 bits per heavy atom. The van der Waals surface area contributed by atoms with Gasteiger partial charge in [-0.3, -0.25) is 0 Å². The third-order valence-electron chi connectivity index (χ3n) is 2.68. The summed E-state index contributed by atoms with van der Waals surface area (Å²) in [6.45, 7) is 5.16. The number of anilines is 1. The molecule has 1 fully saturated rings. The number of ether oxygens (including phenoxy) is 2. The average molecular weight is 273 g/mol. The molecular formula is C11H17ClN4O2. The number of nitrogens with one attached hydrogen (secondary N) is 1. The van der Waals surface area contributed by atoms with E-state index in [4.69, 9.17) is 21.1 Å². The van der Waals surface area contributed by atoms with Gasteiger partial charge in [0, 0.05) is 12.6 Å². The van der Waals surface area contributed by atoms with Crippen molar-refractivity contribution in [2.45, 2.75) is 38.8 Å². The molecule has 1 saturated heterocycles. The maximum Gasteiger partial charge on any atom is 0.322 e. The van der Waals surface area contributed by atoms with Crippen molar-refractivity contribution >= 4 is 17.5 Å². The number of hydrogen-bond donors (Lipinski definition) is 1. The van der Waals surface area contributed by atoms with Crippen LogP contribution in [0.15, 0.2) is 0 Å².